The number of hydrogen-bond acceptors (Lipinski definition) is 6. The number of likely N-dealkylation sites (tertiary alicyclic amines) is 1. The number of hydrogen-bond donors (Lipinski definition) is 5. The van der Waals surface area contributed by atoms with Crippen LogP contribution in [0.3, 0.4) is 0 Å². The van der Waals surface area contributed by atoms with Gasteiger partial charge in [0.05, 0.1) is 12.5 Å². The summed E-state index contributed by atoms with van der Waals surface area (Å²) in [4.78, 5) is 60.8. The molecule has 4 unspecified atom stereocenters. The van der Waals surface area contributed by atoms with Crippen molar-refractivity contribution in [3.8, 4) is 0 Å². The smallest absolute Gasteiger partial charge is 0.326 e. The number of rotatable bonds is 10. The molecule has 1 aliphatic heterocycles. The van der Waals surface area contributed by atoms with Gasteiger partial charge in [0.25, 0.3) is 0 Å². The van der Waals surface area contributed by atoms with Crippen LogP contribution in [0.2, 0.25) is 0 Å². The van der Waals surface area contributed by atoms with Crippen molar-refractivity contribution in [2.24, 2.45) is 17.4 Å². The second-order valence-electron chi connectivity index (χ2n) is 7.73. The number of nitrogens with zero attached hydrogens (tertiary/aromatic N) is 1. The molecule has 0 spiro atoms. The number of aliphatic carboxylic acids is 1. The quantitative estimate of drug-likeness (QED) is 0.282. The molecule has 0 radical (unpaired) electrons. The van der Waals surface area contributed by atoms with Crippen LogP contribution in [0.15, 0.2) is 0 Å². The summed E-state index contributed by atoms with van der Waals surface area (Å²) in [7, 11) is 0. The Morgan fingerprint density at radius 1 is 1.14 bits per heavy atom. The minimum Gasteiger partial charge on any atom is -0.480 e. The normalized spacial score (nSPS) is 19.3. The number of nitrogens with one attached hydrogen (secondary N) is 2. The molecule has 164 valence electrons. The van der Waals surface area contributed by atoms with Crippen LogP contribution in [0, 0.1) is 5.92 Å². The van der Waals surface area contributed by atoms with Gasteiger partial charge in [0.15, 0.2) is 0 Å². The number of primary amides is 1. The van der Waals surface area contributed by atoms with Crippen molar-refractivity contribution >= 4 is 29.6 Å². The highest BCUT2D eigenvalue weighted by Gasteiger charge is 2.37. The van der Waals surface area contributed by atoms with E-state index < -0.39 is 53.8 Å². The molecule has 4 amide bonds. The van der Waals surface area contributed by atoms with Crippen molar-refractivity contribution in [1.29, 1.82) is 0 Å². The second kappa shape index (κ2) is 10.7. The van der Waals surface area contributed by atoms with Crippen molar-refractivity contribution in [3.05, 3.63) is 0 Å². The summed E-state index contributed by atoms with van der Waals surface area (Å²) < 4.78 is 0. The molecule has 0 aliphatic carbocycles. The predicted molar refractivity (Wildman–Crippen MR) is 103 cm³/mol. The van der Waals surface area contributed by atoms with Gasteiger partial charge in [-0.25, -0.2) is 4.79 Å². The Hall–Kier alpha value is -2.69. The SMILES string of the molecule is CC(C)CC(NC(=O)C(C)NC(=O)C1CCCN1C(=O)C(N)CC(N)=O)C(=O)O. The van der Waals surface area contributed by atoms with E-state index in [1.165, 1.54) is 11.8 Å². The lowest BCUT2D eigenvalue weighted by Crippen LogP contribution is -2.56. The largest absolute Gasteiger partial charge is 0.480 e. The maximum atomic E-state index is 12.6. The number of nitrogens with two attached hydrogens (primary N) is 2. The number of amides is 4. The van der Waals surface area contributed by atoms with E-state index in [1.807, 2.05) is 13.8 Å². The molecule has 1 rings (SSSR count). The van der Waals surface area contributed by atoms with Crippen LogP contribution < -0.4 is 22.1 Å². The summed E-state index contributed by atoms with van der Waals surface area (Å²) in [6, 6.07) is -4.00. The molecule has 1 aliphatic rings. The van der Waals surface area contributed by atoms with Gasteiger partial charge >= 0.3 is 5.97 Å². The molecule has 0 bridgehead atoms. The van der Waals surface area contributed by atoms with Crippen molar-refractivity contribution < 1.29 is 29.1 Å². The number of carbonyl (C=O) groups is 5. The zero-order chi connectivity index (χ0) is 22.3. The highest BCUT2D eigenvalue weighted by molar-refractivity contribution is 5.95. The summed E-state index contributed by atoms with van der Waals surface area (Å²) in [5.74, 6) is -3.54. The van der Waals surface area contributed by atoms with Crippen molar-refractivity contribution in [2.75, 3.05) is 6.54 Å². The van der Waals surface area contributed by atoms with Gasteiger partial charge in [-0.3, -0.25) is 19.2 Å². The molecule has 29 heavy (non-hydrogen) atoms. The average molecular weight is 413 g/mol. The lowest BCUT2D eigenvalue weighted by Gasteiger charge is -2.27. The fourth-order valence-corrected chi connectivity index (χ4v) is 3.18. The molecule has 11 heteroatoms. The maximum absolute atomic E-state index is 12.6. The zero-order valence-electron chi connectivity index (χ0n) is 17.0. The fraction of sp³-hybridized carbons (Fsp3) is 0.722. The van der Waals surface area contributed by atoms with E-state index in [2.05, 4.69) is 10.6 Å². The molecular weight excluding hydrogens is 382 g/mol. The Kier molecular flexibility index (Phi) is 9.02. The van der Waals surface area contributed by atoms with E-state index in [0.717, 1.165) is 0 Å². The first-order chi connectivity index (χ1) is 13.4. The van der Waals surface area contributed by atoms with Crippen LogP contribution >= 0.6 is 0 Å². The molecular formula is C18H31N5O6. The third kappa shape index (κ3) is 7.33. The van der Waals surface area contributed by atoms with Gasteiger partial charge in [0.1, 0.15) is 18.1 Å². The van der Waals surface area contributed by atoms with Crippen molar-refractivity contribution in [2.45, 2.75) is 70.6 Å². The molecule has 0 aromatic rings. The van der Waals surface area contributed by atoms with Gasteiger partial charge in [-0.1, -0.05) is 13.8 Å². The highest BCUT2D eigenvalue weighted by atomic mass is 16.4. The first-order valence-corrected chi connectivity index (χ1v) is 9.61. The summed E-state index contributed by atoms with van der Waals surface area (Å²) in [5, 5.41) is 14.2. The minimum absolute atomic E-state index is 0.0592. The van der Waals surface area contributed by atoms with Crippen LogP contribution in [-0.4, -0.2) is 70.3 Å². The Bertz CT molecular complexity index is 653. The predicted octanol–water partition coefficient (Wildman–Crippen LogP) is -1.70. The molecule has 4 atom stereocenters. The standard InChI is InChI=1S/C18H31N5O6/c1-9(2)7-12(18(28)29)22-15(25)10(3)21-16(26)13-5-4-6-23(13)17(27)11(19)8-14(20)24/h9-13H,4-8,19H2,1-3H3,(H2,20,24)(H,21,26)(H,22,25)(H,28,29). The van der Waals surface area contributed by atoms with Gasteiger partial charge in [-0.05, 0) is 32.1 Å². The van der Waals surface area contributed by atoms with Crippen molar-refractivity contribution in [3.63, 3.8) is 0 Å². The van der Waals surface area contributed by atoms with Gasteiger partial charge in [-0.2, -0.15) is 0 Å². The van der Waals surface area contributed by atoms with Gasteiger partial charge in [0, 0.05) is 6.54 Å². The molecule has 7 N–H and O–H groups in total. The Morgan fingerprint density at radius 2 is 1.76 bits per heavy atom. The maximum Gasteiger partial charge on any atom is 0.326 e. The first-order valence-electron chi connectivity index (χ1n) is 9.61. The van der Waals surface area contributed by atoms with Crippen LogP contribution in [0.1, 0.15) is 46.5 Å². The number of carbonyl (C=O) groups excluding carboxylic acids is 4. The van der Waals surface area contributed by atoms with Crippen molar-refractivity contribution in [1.82, 2.24) is 15.5 Å². The van der Waals surface area contributed by atoms with E-state index in [-0.39, 0.29) is 18.8 Å². The monoisotopic (exact) mass is 413 g/mol. The molecule has 11 nitrogen and oxygen atoms in total. The summed E-state index contributed by atoms with van der Waals surface area (Å²) >= 11 is 0. The van der Waals surface area contributed by atoms with Crippen LogP contribution in [-0.2, 0) is 24.0 Å². The Labute approximate surface area is 169 Å². The highest BCUT2D eigenvalue weighted by Crippen LogP contribution is 2.19. The Balaban J connectivity index is 2.70. The minimum atomic E-state index is -1.15. The molecule has 0 aromatic heterocycles. The van der Waals surface area contributed by atoms with Crippen LogP contribution in [0.5, 0.6) is 0 Å². The summed E-state index contributed by atoms with van der Waals surface area (Å²) in [6.45, 7) is 5.41. The van der Waals surface area contributed by atoms with Gasteiger partial charge in [-0.15, -0.1) is 0 Å². The van der Waals surface area contributed by atoms with E-state index in [1.54, 1.807) is 0 Å². The summed E-state index contributed by atoms with van der Waals surface area (Å²) in [5.41, 5.74) is 10.7. The molecule has 1 fully saturated rings. The lowest BCUT2D eigenvalue weighted by molar-refractivity contribution is -0.143. The van der Waals surface area contributed by atoms with E-state index in [0.29, 0.717) is 19.4 Å². The molecule has 1 heterocycles. The number of carboxylic acids is 1. The lowest BCUT2D eigenvalue weighted by atomic mass is 10.0. The van der Waals surface area contributed by atoms with E-state index in [9.17, 15) is 29.1 Å². The molecule has 1 saturated heterocycles. The first kappa shape index (κ1) is 24.3. The second-order valence-corrected chi connectivity index (χ2v) is 7.73. The van der Waals surface area contributed by atoms with Gasteiger partial charge < -0.3 is 32.1 Å². The third-order valence-electron chi connectivity index (χ3n) is 4.65. The summed E-state index contributed by atoms with van der Waals surface area (Å²) in [6.07, 6.45) is 0.892. The third-order valence-corrected chi connectivity index (χ3v) is 4.65. The van der Waals surface area contributed by atoms with E-state index >= 15 is 0 Å². The zero-order valence-corrected chi connectivity index (χ0v) is 17.0. The topological polar surface area (TPSA) is 185 Å². The number of carboxylic acid groups (broad SMARTS) is 1. The van der Waals surface area contributed by atoms with E-state index in [4.69, 9.17) is 11.5 Å². The van der Waals surface area contributed by atoms with Crippen LogP contribution in [0.4, 0.5) is 0 Å². The average Bonchev–Trinajstić information content (AvgIpc) is 3.08. The van der Waals surface area contributed by atoms with Gasteiger partial charge in [0.2, 0.25) is 23.6 Å². The molecule has 0 aromatic carbocycles. The van der Waals surface area contributed by atoms with Crippen LogP contribution in [0.25, 0.3) is 0 Å². The Morgan fingerprint density at radius 3 is 2.28 bits per heavy atom. The molecule has 0 saturated carbocycles. The fourth-order valence-electron chi connectivity index (χ4n) is 3.18.